The van der Waals surface area contributed by atoms with Crippen molar-refractivity contribution in [3.8, 4) is 0 Å². The van der Waals surface area contributed by atoms with Crippen LogP contribution in [-0.4, -0.2) is 28.4 Å². The molecule has 3 aromatic rings. The van der Waals surface area contributed by atoms with Gasteiger partial charge in [0.1, 0.15) is 10.4 Å². The minimum absolute atomic E-state index is 0.0329. The molecule has 0 N–H and O–H groups in total. The number of hydrogen-bond acceptors (Lipinski definition) is 9. The van der Waals surface area contributed by atoms with E-state index in [0.29, 0.717) is 5.13 Å². The van der Waals surface area contributed by atoms with Gasteiger partial charge in [0.2, 0.25) is 5.13 Å². The predicted octanol–water partition coefficient (Wildman–Crippen LogP) is 7.12. The maximum Gasteiger partial charge on any atom is 0.231 e. The number of rotatable bonds is 7. The largest absolute Gasteiger partial charge is 0.372 e. The van der Waals surface area contributed by atoms with Crippen LogP contribution in [-0.2, 0) is 0 Å². The van der Waals surface area contributed by atoms with Gasteiger partial charge in [0, 0.05) is 42.0 Å². The Morgan fingerprint density at radius 2 is 1.63 bits per heavy atom. The molecule has 1 aliphatic rings. The molecule has 0 amide bonds. The van der Waals surface area contributed by atoms with Crippen molar-refractivity contribution >= 4 is 45.3 Å². The maximum absolute atomic E-state index is 4.63. The minimum atomic E-state index is 0.0329. The van der Waals surface area contributed by atoms with Crippen molar-refractivity contribution in [3.63, 3.8) is 0 Å². The summed E-state index contributed by atoms with van der Waals surface area (Å²) in [4.78, 5) is 12.1. The second kappa shape index (κ2) is 9.44. The zero-order valence-electron chi connectivity index (χ0n) is 17.1. The number of anilines is 1. The number of thioether (sulfide) groups is 1. The molecule has 7 nitrogen and oxygen atoms in total. The Bertz CT molecular complexity index is 1030. The number of hydrogen-bond donors (Lipinski definition) is 0. The third kappa shape index (κ3) is 4.57. The lowest BCUT2D eigenvalue weighted by Gasteiger charge is -2.20. The summed E-state index contributed by atoms with van der Waals surface area (Å²) in [6, 6.07) is 11.8. The first kappa shape index (κ1) is 20.6. The number of pyridine rings is 1. The van der Waals surface area contributed by atoms with Crippen molar-refractivity contribution in [2.75, 3.05) is 18.0 Å². The fraction of sp³-hybridized carbons (Fsp3) is 0.333. The highest BCUT2D eigenvalue weighted by Crippen LogP contribution is 2.50. The molecule has 0 spiro atoms. The number of aromatic nitrogens is 2. The number of thiazole rings is 1. The van der Waals surface area contributed by atoms with Crippen LogP contribution in [0.3, 0.4) is 0 Å². The molecule has 4 rings (SSSR count). The van der Waals surface area contributed by atoms with E-state index in [1.807, 2.05) is 24.3 Å². The van der Waals surface area contributed by atoms with Crippen LogP contribution in [0.25, 0.3) is 0 Å². The Morgan fingerprint density at radius 3 is 2.30 bits per heavy atom. The topological polar surface area (TPSA) is 78.5 Å². The van der Waals surface area contributed by atoms with Crippen molar-refractivity contribution in [3.05, 3.63) is 53.7 Å². The van der Waals surface area contributed by atoms with E-state index in [0.717, 1.165) is 29.5 Å². The molecule has 2 aromatic heterocycles. The Morgan fingerprint density at radius 1 is 0.933 bits per heavy atom. The molecule has 3 heterocycles. The molecule has 0 saturated carbocycles. The summed E-state index contributed by atoms with van der Waals surface area (Å²) in [7, 11) is 0. The lowest BCUT2D eigenvalue weighted by atomic mass is 10.1. The number of benzene rings is 1. The Balaban J connectivity index is 1.41. The van der Waals surface area contributed by atoms with Crippen LogP contribution in [0.4, 0.5) is 22.2 Å². The molecule has 0 radical (unpaired) electrons. The van der Waals surface area contributed by atoms with Crippen LogP contribution in [0, 0.1) is 0 Å². The summed E-state index contributed by atoms with van der Waals surface area (Å²) < 4.78 is 0. The zero-order chi connectivity index (χ0) is 20.9. The Kier molecular flexibility index (Phi) is 6.49. The molecular formula is C21H23N7S2. The van der Waals surface area contributed by atoms with Crippen LogP contribution in [0.2, 0.25) is 0 Å². The van der Waals surface area contributed by atoms with Crippen molar-refractivity contribution in [1.82, 2.24) is 9.97 Å². The molecular weight excluding hydrogens is 414 g/mol. The average Bonchev–Trinajstić information content (AvgIpc) is 3.32. The summed E-state index contributed by atoms with van der Waals surface area (Å²) in [5, 5.41) is 19.2. The van der Waals surface area contributed by atoms with Gasteiger partial charge in [0.25, 0.3) is 0 Å². The fourth-order valence-electron chi connectivity index (χ4n) is 3.14. The third-order valence-electron chi connectivity index (χ3n) is 4.86. The normalized spacial score (nSPS) is 18.4. The second-order valence-corrected chi connectivity index (χ2v) is 8.89. The highest BCUT2D eigenvalue weighted by Gasteiger charge is 2.34. The Labute approximate surface area is 184 Å². The summed E-state index contributed by atoms with van der Waals surface area (Å²) >= 11 is 3.21. The summed E-state index contributed by atoms with van der Waals surface area (Å²) in [6.07, 6.45) is 3.43. The standard InChI is InChI=1S/C21H23N7S2/c1-4-28(5-2)17-8-6-15(7-9-17)25-27-21-23-20-18(29-21)14(3)19(30-20)26-24-16-10-12-22-13-11-16/h6-14,19H,4-5H2,1-3H3. The first-order chi connectivity index (χ1) is 14.7. The quantitative estimate of drug-likeness (QED) is 0.369. The monoisotopic (exact) mass is 437 g/mol. The van der Waals surface area contributed by atoms with Crippen LogP contribution in [0.1, 0.15) is 31.6 Å². The van der Waals surface area contributed by atoms with Gasteiger partial charge in [0.05, 0.1) is 11.4 Å². The van der Waals surface area contributed by atoms with Crippen LogP contribution in [0.15, 0.2) is 74.3 Å². The number of fused-ring (bicyclic) bond motifs is 1. The molecule has 0 aliphatic carbocycles. The highest BCUT2D eigenvalue weighted by molar-refractivity contribution is 8.00. The van der Waals surface area contributed by atoms with Crippen molar-refractivity contribution in [1.29, 1.82) is 0 Å². The van der Waals surface area contributed by atoms with Gasteiger partial charge < -0.3 is 4.90 Å². The highest BCUT2D eigenvalue weighted by atomic mass is 32.2. The van der Waals surface area contributed by atoms with E-state index in [2.05, 4.69) is 68.2 Å². The fourth-order valence-corrected chi connectivity index (χ4v) is 5.53. The number of nitrogens with zero attached hydrogens (tertiary/aromatic N) is 7. The van der Waals surface area contributed by atoms with Crippen molar-refractivity contribution in [2.45, 2.75) is 37.1 Å². The van der Waals surface area contributed by atoms with Crippen LogP contribution in [0.5, 0.6) is 0 Å². The van der Waals surface area contributed by atoms with Gasteiger partial charge in [-0.1, -0.05) is 30.0 Å². The van der Waals surface area contributed by atoms with E-state index in [1.165, 1.54) is 10.6 Å². The molecule has 2 unspecified atom stereocenters. The van der Waals surface area contributed by atoms with Gasteiger partial charge in [-0.15, -0.1) is 10.2 Å². The smallest absolute Gasteiger partial charge is 0.231 e. The molecule has 0 bridgehead atoms. The zero-order valence-corrected chi connectivity index (χ0v) is 18.8. The van der Waals surface area contributed by atoms with Gasteiger partial charge in [-0.2, -0.15) is 10.2 Å². The van der Waals surface area contributed by atoms with Gasteiger partial charge in [0.15, 0.2) is 0 Å². The Hall–Kier alpha value is -2.65. The van der Waals surface area contributed by atoms with Gasteiger partial charge in [-0.3, -0.25) is 4.98 Å². The first-order valence-electron chi connectivity index (χ1n) is 9.93. The molecule has 154 valence electrons. The maximum atomic E-state index is 4.63. The predicted molar refractivity (Wildman–Crippen MR) is 123 cm³/mol. The molecule has 9 heteroatoms. The third-order valence-corrected chi connectivity index (χ3v) is 7.41. The lowest BCUT2D eigenvalue weighted by Crippen LogP contribution is -2.21. The molecule has 1 aliphatic heterocycles. The molecule has 2 atom stereocenters. The van der Waals surface area contributed by atoms with E-state index in [4.69, 9.17) is 0 Å². The molecule has 30 heavy (non-hydrogen) atoms. The molecule has 0 saturated heterocycles. The van der Waals surface area contributed by atoms with E-state index in [-0.39, 0.29) is 11.3 Å². The van der Waals surface area contributed by atoms with Gasteiger partial charge >= 0.3 is 0 Å². The minimum Gasteiger partial charge on any atom is -0.372 e. The molecule has 1 aromatic carbocycles. The van der Waals surface area contributed by atoms with Gasteiger partial charge in [-0.25, -0.2) is 4.98 Å². The summed E-state index contributed by atoms with van der Waals surface area (Å²) in [6.45, 7) is 8.44. The van der Waals surface area contributed by atoms with E-state index >= 15 is 0 Å². The summed E-state index contributed by atoms with van der Waals surface area (Å²) in [5.41, 5.74) is 2.83. The van der Waals surface area contributed by atoms with E-state index < -0.39 is 0 Å². The van der Waals surface area contributed by atoms with Crippen LogP contribution < -0.4 is 4.90 Å². The van der Waals surface area contributed by atoms with Gasteiger partial charge in [-0.05, 0) is 50.2 Å². The summed E-state index contributed by atoms with van der Waals surface area (Å²) in [5.74, 6) is 0.241. The molecule has 0 fully saturated rings. The SMILES string of the molecule is CCN(CC)c1ccc(N=Nc2nc3c(s2)C(C)C(N=Nc2ccncc2)S3)cc1. The van der Waals surface area contributed by atoms with Crippen molar-refractivity contribution in [2.24, 2.45) is 20.5 Å². The average molecular weight is 438 g/mol. The number of azo groups is 2. The van der Waals surface area contributed by atoms with Crippen molar-refractivity contribution < 1.29 is 0 Å². The van der Waals surface area contributed by atoms with Crippen LogP contribution >= 0.6 is 23.1 Å². The van der Waals surface area contributed by atoms with E-state index in [9.17, 15) is 0 Å². The van der Waals surface area contributed by atoms with E-state index in [1.54, 1.807) is 35.5 Å². The second-order valence-electron chi connectivity index (χ2n) is 6.77. The lowest BCUT2D eigenvalue weighted by molar-refractivity contribution is 0.722. The first-order valence-corrected chi connectivity index (χ1v) is 11.6.